The Morgan fingerprint density at radius 2 is 2.12 bits per heavy atom. The van der Waals surface area contributed by atoms with Crippen LogP contribution in [0.2, 0.25) is 0 Å². The second-order valence-electron chi connectivity index (χ2n) is 5.35. The molecule has 0 unspecified atom stereocenters. The molecule has 1 aliphatic rings. The third kappa shape index (κ3) is 2.29. The maximum absolute atomic E-state index is 6.33. The number of hydrogen-bond donors (Lipinski definition) is 1. The third-order valence-corrected chi connectivity index (χ3v) is 3.27. The van der Waals surface area contributed by atoms with Crippen molar-refractivity contribution in [3.8, 4) is 0 Å². The predicted molar refractivity (Wildman–Crippen MR) is 70.0 cm³/mol. The molecule has 4 heteroatoms. The van der Waals surface area contributed by atoms with E-state index >= 15 is 0 Å². The summed E-state index contributed by atoms with van der Waals surface area (Å²) in [7, 11) is 0. The Morgan fingerprint density at radius 1 is 1.41 bits per heavy atom. The molecule has 0 aromatic carbocycles. The fourth-order valence-electron chi connectivity index (χ4n) is 2.11. The minimum atomic E-state index is 0.0169. The maximum atomic E-state index is 6.33. The summed E-state index contributed by atoms with van der Waals surface area (Å²) in [6.45, 7) is 8.67. The van der Waals surface area contributed by atoms with Gasteiger partial charge in [-0.1, -0.05) is 39.3 Å². The lowest BCUT2D eigenvalue weighted by Crippen LogP contribution is -2.26. The lowest BCUT2D eigenvalue weighted by molar-refractivity contribution is 0.486. The average Bonchev–Trinajstić information content (AvgIpc) is 2.64. The van der Waals surface area contributed by atoms with E-state index in [1.165, 1.54) is 5.57 Å². The highest BCUT2D eigenvalue weighted by molar-refractivity contribution is 6.45. The molecule has 0 atom stereocenters. The van der Waals surface area contributed by atoms with Gasteiger partial charge in [0.2, 0.25) is 0 Å². The molecule has 2 rings (SSSR count). The Kier molecular flexibility index (Phi) is 3.13. The summed E-state index contributed by atoms with van der Waals surface area (Å²) in [5.74, 6) is 0. The monoisotopic (exact) mass is 251 g/mol. The van der Waals surface area contributed by atoms with Gasteiger partial charge in [0.05, 0.1) is 11.7 Å². The van der Waals surface area contributed by atoms with Crippen LogP contribution in [0.25, 0.3) is 5.03 Å². The van der Waals surface area contributed by atoms with Gasteiger partial charge in [0, 0.05) is 22.6 Å². The van der Waals surface area contributed by atoms with Gasteiger partial charge in [0.15, 0.2) is 5.49 Å². The van der Waals surface area contributed by atoms with Gasteiger partial charge in [-0.05, 0) is 12.0 Å². The van der Waals surface area contributed by atoms with Crippen molar-refractivity contribution in [1.82, 2.24) is 9.97 Å². The molecular formula is C13H18ClN3. The smallest absolute Gasteiger partial charge is 0.178 e. The molecule has 0 aliphatic carbocycles. The number of hydrogen-bond acceptors (Lipinski definition) is 2. The van der Waals surface area contributed by atoms with Gasteiger partial charge in [0.25, 0.3) is 0 Å². The molecule has 0 saturated carbocycles. The summed E-state index contributed by atoms with van der Waals surface area (Å²) >= 11 is 6.33. The number of aromatic amines is 1. The summed E-state index contributed by atoms with van der Waals surface area (Å²) in [6, 6.07) is 0. The lowest BCUT2D eigenvalue weighted by Gasteiger charge is -2.22. The van der Waals surface area contributed by atoms with Crippen LogP contribution in [0.3, 0.4) is 0 Å². The van der Waals surface area contributed by atoms with Gasteiger partial charge in [0.1, 0.15) is 0 Å². The van der Waals surface area contributed by atoms with E-state index in [0.717, 1.165) is 28.9 Å². The van der Waals surface area contributed by atoms with E-state index in [1.807, 2.05) is 0 Å². The number of imidazole rings is 1. The molecule has 0 amide bonds. The zero-order valence-electron chi connectivity index (χ0n) is 10.8. The van der Waals surface area contributed by atoms with Crippen molar-refractivity contribution in [1.29, 1.82) is 0 Å². The number of nitrogens with zero attached hydrogens (tertiary/aromatic N) is 2. The molecule has 1 aromatic heterocycles. The molecule has 0 bridgehead atoms. The summed E-state index contributed by atoms with van der Waals surface area (Å²) in [5.41, 5.74) is 3.14. The number of aromatic nitrogens is 2. The Morgan fingerprint density at radius 3 is 2.71 bits per heavy atom. The molecular weight excluding hydrogens is 234 g/mol. The zero-order chi connectivity index (χ0) is 12.6. The zero-order valence-corrected chi connectivity index (χ0v) is 11.5. The van der Waals surface area contributed by atoms with Crippen molar-refractivity contribution in [2.45, 2.75) is 40.5 Å². The van der Waals surface area contributed by atoms with Crippen molar-refractivity contribution < 1.29 is 0 Å². The first kappa shape index (κ1) is 12.4. The van der Waals surface area contributed by atoms with E-state index in [0.29, 0.717) is 5.49 Å². The highest BCUT2D eigenvalue weighted by Crippen LogP contribution is 2.33. The number of rotatable bonds is 1. The molecule has 0 fully saturated rings. The van der Waals surface area contributed by atoms with Crippen molar-refractivity contribution in [2.24, 2.45) is 10.4 Å². The van der Waals surface area contributed by atoms with E-state index in [4.69, 9.17) is 16.6 Å². The normalized spacial score (nSPS) is 16.6. The SMILES string of the molecule is CCC1=C(C(C)(C)C)N=c2nc[nH]c2=C(Cl)C1. The molecule has 17 heavy (non-hydrogen) atoms. The van der Waals surface area contributed by atoms with Crippen LogP contribution in [0.1, 0.15) is 40.5 Å². The first-order valence-electron chi connectivity index (χ1n) is 5.92. The van der Waals surface area contributed by atoms with Crippen LogP contribution in [0.4, 0.5) is 0 Å². The molecule has 1 aromatic rings. The lowest BCUT2D eigenvalue weighted by atomic mass is 9.87. The first-order chi connectivity index (χ1) is 7.93. The molecule has 0 spiro atoms. The fraction of sp³-hybridized carbons (Fsp3) is 0.538. The molecule has 92 valence electrons. The topological polar surface area (TPSA) is 41.0 Å². The highest BCUT2D eigenvalue weighted by atomic mass is 35.5. The fourth-order valence-corrected chi connectivity index (χ4v) is 2.41. The molecule has 3 nitrogen and oxygen atoms in total. The van der Waals surface area contributed by atoms with Crippen LogP contribution in [0, 0.1) is 5.41 Å². The maximum Gasteiger partial charge on any atom is 0.178 e. The molecule has 2 heterocycles. The molecule has 0 saturated heterocycles. The van der Waals surface area contributed by atoms with Gasteiger partial charge in [-0.2, -0.15) is 0 Å². The van der Waals surface area contributed by atoms with E-state index in [-0.39, 0.29) is 5.41 Å². The van der Waals surface area contributed by atoms with Crippen molar-refractivity contribution >= 4 is 16.6 Å². The van der Waals surface area contributed by atoms with Crippen LogP contribution in [-0.2, 0) is 0 Å². The number of fused-ring (bicyclic) bond motifs is 1. The van der Waals surface area contributed by atoms with Gasteiger partial charge in [-0.3, -0.25) is 0 Å². The molecule has 1 N–H and O–H groups in total. The summed E-state index contributed by atoms with van der Waals surface area (Å²) in [5, 5.41) is 1.66. The number of allylic oxidation sites excluding steroid dienone is 2. The summed E-state index contributed by atoms with van der Waals surface area (Å²) < 4.78 is 0. The van der Waals surface area contributed by atoms with Gasteiger partial charge in [-0.25, -0.2) is 9.98 Å². The third-order valence-electron chi connectivity index (χ3n) is 2.95. The minimum absolute atomic E-state index is 0.0169. The van der Waals surface area contributed by atoms with Crippen LogP contribution >= 0.6 is 11.6 Å². The number of H-pyrrole nitrogens is 1. The largest absolute Gasteiger partial charge is 0.342 e. The van der Waals surface area contributed by atoms with Crippen molar-refractivity contribution in [3.63, 3.8) is 0 Å². The Balaban J connectivity index is 2.72. The quantitative estimate of drug-likeness (QED) is 0.819. The van der Waals surface area contributed by atoms with Crippen LogP contribution in [0.15, 0.2) is 22.6 Å². The number of nitrogens with one attached hydrogen (secondary N) is 1. The highest BCUT2D eigenvalue weighted by Gasteiger charge is 2.23. The summed E-state index contributed by atoms with van der Waals surface area (Å²) in [6.07, 6.45) is 3.38. The number of halogens is 1. The predicted octanol–water partition coefficient (Wildman–Crippen LogP) is 2.49. The van der Waals surface area contributed by atoms with E-state index in [1.54, 1.807) is 6.33 Å². The van der Waals surface area contributed by atoms with Crippen LogP contribution < -0.4 is 10.8 Å². The Hall–Kier alpha value is -1.09. The first-order valence-corrected chi connectivity index (χ1v) is 6.30. The second kappa shape index (κ2) is 4.30. The average molecular weight is 252 g/mol. The van der Waals surface area contributed by atoms with Crippen molar-refractivity contribution in [3.05, 3.63) is 28.4 Å². The molecule has 0 radical (unpaired) electrons. The molecule has 1 aliphatic heterocycles. The van der Waals surface area contributed by atoms with Crippen LogP contribution in [0.5, 0.6) is 0 Å². The second-order valence-corrected chi connectivity index (χ2v) is 5.81. The minimum Gasteiger partial charge on any atom is -0.342 e. The standard InChI is InChI=1S/C13H18ClN3/c1-5-8-6-9(14)10-12(16-7-15-10)17-11(8)13(2,3)4/h7H,5-6H2,1-4H3,(H,15,16,17). The van der Waals surface area contributed by atoms with Crippen LogP contribution in [-0.4, -0.2) is 9.97 Å². The van der Waals surface area contributed by atoms with E-state index in [9.17, 15) is 0 Å². The van der Waals surface area contributed by atoms with Gasteiger partial charge in [-0.15, -0.1) is 0 Å². The summed E-state index contributed by atoms with van der Waals surface area (Å²) in [4.78, 5) is 12.0. The van der Waals surface area contributed by atoms with Crippen molar-refractivity contribution in [2.75, 3.05) is 0 Å². The van der Waals surface area contributed by atoms with Gasteiger partial charge >= 0.3 is 0 Å². The van der Waals surface area contributed by atoms with E-state index < -0.39 is 0 Å². The van der Waals surface area contributed by atoms with Gasteiger partial charge < -0.3 is 4.98 Å². The Labute approximate surface area is 106 Å². The Bertz CT molecular complexity index is 573. The van der Waals surface area contributed by atoms with E-state index in [2.05, 4.69) is 37.7 Å².